The van der Waals surface area contributed by atoms with Crippen LogP contribution in [0.5, 0.6) is 0 Å². The number of hydrogen-bond acceptors (Lipinski definition) is 5. The topological polar surface area (TPSA) is 165 Å². The molecule has 1 heterocycles. The Morgan fingerprint density at radius 2 is 1.66 bits per heavy atom. The van der Waals surface area contributed by atoms with Crippen LogP contribution >= 0.6 is 0 Å². The minimum atomic E-state index is -1.09. The van der Waals surface area contributed by atoms with Gasteiger partial charge in [0.1, 0.15) is 12.1 Å². The number of carbonyl (C=O) groups is 5. The number of Topliss-reactive ketones (excluding diaryl/α,β-unsaturated/α-hetero) is 1. The van der Waals surface area contributed by atoms with E-state index in [0.29, 0.717) is 25.8 Å². The van der Waals surface area contributed by atoms with Gasteiger partial charge < -0.3 is 27.0 Å². The molecule has 0 spiro atoms. The maximum absolute atomic E-state index is 13.1. The first kappa shape index (κ1) is 22.6. The molecule has 162 valence electrons. The maximum atomic E-state index is 13.1. The smallest absolute Gasteiger partial charge is 0.312 e. The quantitative estimate of drug-likeness (QED) is 0.392. The SMILES string of the molecule is CC(C)(C)[C@H](NC(N)=O)C(=O)N1CCC[C@H]1C(=O)NC(CC1CC1)C(=O)C(N)=O. The van der Waals surface area contributed by atoms with E-state index in [0.717, 1.165) is 12.8 Å². The zero-order chi connectivity index (χ0) is 21.9. The average molecular weight is 409 g/mol. The largest absolute Gasteiger partial charge is 0.363 e. The van der Waals surface area contributed by atoms with Gasteiger partial charge in [0.15, 0.2) is 0 Å². The fraction of sp³-hybridized carbons (Fsp3) is 0.737. The Balaban J connectivity index is 2.13. The van der Waals surface area contributed by atoms with E-state index < -0.39 is 53.1 Å². The molecule has 29 heavy (non-hydrogen) atoms. The lowest BCUT2D eigenvalue weighted by Crippen LogP contribution is -2.59. The number of amides is 5. The Morgan fingerprint density at radius 1 is 1.03 bits per heavy atom. The fourth-order valence-corrected chi connectivity index (χ4v) is 3.62. The first-order chi connectivity index (χ1) is 13.4. The van der Waals surface area contributed by atoms with E-state index in [1.807, 2.05) is 0 Å². The molecule has 10 heteroatoms. The van der Waals surface area contributed by atoms with Crippen molar-refractivity contribution >= 4 is 29.5 Å². The van der Waals surface area contributed by atoms with Crippen LogP contribution in [0.3, 0.4) is 0 Å². The molecule has 2 aliphatic rings. The van der Waals surface area contributed by atoms with E-state index in [1.54, 1.807) is 20.8 Å². The van der Waals surface area contributed by atoms with Crippen LogP contribution < -0.4 is 22.1 Å². The normalized spacial score (nSPS) is 21.2. The van der Waals surface area contributed by atoms with Crippen LogP contribution in [0.1, 0.15) is 52.9 Å². The van der Waals surface area contributed by atoms with Gasteiger partial charge in [-0.2, -0.15) is 0 Å². The maximum Gasteiger partial charge on any atom is 0.312 e. The highest BCUT2D eigenvalue weighted by atomic mass is 16.2. The van der Waals surface area contributed by atoms with Gasteiger partial charge in [-0.1, -0.05) is 33.6 Å². The van der Waals surface area contributed by atoms with Gasteiger partial charge in [-0.15, -0.1) is 0 Å². The molecule has 2 rings (SSSR count). The Morgan fingerprint density at radius 3 is 2.14 bits per heavy atom. The molecule has 0 radical (unpaired) electrons. The molecule has 0 bridgehead atoms. The van der Waals surface area contributed by atoms with Crippen molar-refractivity contribution in [2.75, 3.05) is 6.54 Å². The summed E-state index contributed by atoms with van der Waals surface area (Å²) in [7, 11) is 0. The van der Waals surface area contributed by atoms with Crippen LogP contribution in [0.25, 0.3) is 0 Å². The summed E-state index contributed by atoms with van der Waals surface area (Å²) in [4.78, 5) is 62.2. The predicted molar refractivity (Wildman–Crippen MR) is 104 cm³/mol. The highest BCUT2D eigenvalue weighted by molar-refractivity contribution is 6.37. The number of nitrogens with one attached hydrogen (secondary N) is 2. The van der Waals surface area contributed by atoms with Crippen molar-refractivity contribution in [1.82, 2.24) is 15.5 Å². The molecular weight excluding hydrogens is 378 g/mol. The number of primary amides is 2. The summed E-state index contributed by atoms with van der Waals surface area (Å²) in [6, 6.07) is -3.49. The minimum absolute atomic E-state index is 0.287. The second-order valence-corrected chi connectivity index (χ2v) is 8.97. The number of urea groups is 1. The van der Waals surface area contributed by atoms with E-state index in [9.17, 15) is 24.0 Å². The molecule has 0 aromatic heterocycles. The second kappa shape index (κ2) is 8.79. The van der Waals surface area contributed by atoms with Crippen LogP contribution in [0.15, 0.2) is 0 Å². The number of ketones is 1. The van der Waals surface area contributed by atoms with Crippen LogP contribution in [0.2, 0.25) is 0 Å². The van der Waals surface area contributed by atoms with Gasteiger partial charge in [0.2, 0.25) is 17.6 Å². The molecule has 3 atom stereocenters. The Kier molecular flexibility index (Phi) is 6.86. The van der Waals surface area contributed by atoms with Crippen molar-refractivity contribution in [1.29, 1.82) is 0 Å². The van der Waals surface area contributed by atoms with E-state index in [4.69, 9.17) is 11.5 Å². The van der Waals surface area contributed by atoms with E-state index in [1.165, 1.54) is 4.90 Å². The monoisotopic (exact) mass is 409 g/mol. The minimum Gasteiger partial charge on any atom is -0.363 e. The lowest BCUT2D eigenvalue weighted by molar-refractivity contribution is -0.143. The van der Waals surface area contributed by atoms with Crippen LogP contribution in [-0.4, -0.2) is 59.1 Å². The van der Waals surface area contributed by atoms with Crippen molar-refractivity contribution in [3.63, 3.8) is 0 Å². The van der Waals surface area contributed by atoms with Gasteiger partial charge in [-0.3, -0.25) is 19.2 Å². The number of likely N-dealkylation sites (tertiary alicyclic amines) is 1. The lowest BCUT2D eigenvalue weighted by atomic mass is 9.85. The standard InChI is InChI=1S/C19H31N5O5/c1-19(2,3)14(23-18(21)29)17(28)24-8-4-5-12(24)16(27)22-11(9-10-6-7-10)13(25)15(20)26/h10-12,14H,4-9H2,1-3H3,(H2,20,26)(H,22,27)(H3,21,23,29)/t11?,12-,14+/m0/s1. The number of rotatable bonds is 8. The van der Waals surface area contributed by atoms with Gasteiger partial charge in [-0.05, 0) is 30.6 Å². The first-order valence-electron chi connectivity index (χ1n) is 9.92. The number of hydrogen-bond donors (Lipinski definition) is 4. The number of carbonyl (C=O) groups excluding carboxylic acids is 5. The molecule has 0 aromatic rings. The summed E-state index contributed by atoms with van der Waals surface area (Å²) >= 11 is 0. The average Bonchev–Trinajstić information content (AvgIpc) is 3.28. The number of nitrogens with zero attached hydrogens (tertiary/aromatic N) is 1. The summed E-state index contributed by atoms with van der Waals surface area (Å²) in [5.41, 5.74) is 9.72. The van der Waals surface area contributed by atoms with Crippen LogP contribution in [-0.2, 0) is 19.2 Å². The summed E-state index contributed by atoms with van der Waals surface area (Å²) in [5.74, 6) is -2.54. The highest BCUT2D eigenvalue weighted by Gasteiger charge is 2.43. The third-order valence-electron chi connectivity index (χ3n) is 5.38. The second-order valence-electron chi connectivity index (χ2n) is 8.97. The van der Waals surface area contributed by atoms with Crippen LogP contribution in [0.4, 0.5) is 4.79 Å². The zero-order valence-electron chi connectivity index (χ0n) is 17.2. The molecule has 1 saturated heterocycles. The Bertz CT molecular complexity index is 698. The number of nitrogens with two attached hydrogens (primary N) is 2. The van der Waals surface area contributed by atoms with Gasteiger partial charge >= 0.3 is 6.03 Å². The fourth-order valence-electron chi connectivity index (χ4n) is 3.62. The molecule has 10 nitrogen and oxygen atoms in total. The zero-order valence-corrected chi connectivity index (χ0v) is 17.2. The molecular formula is C19H31N5O5. The highest BCUT2D eigenvalue weighted by Crippen LogP contribution is 2.34. The Labute approximate surface area is 170 Å². The molecule has 5 amide bonds. The first-order valence-corrected chi connectivity index (χ1v) is 9.92. The van der Waals surface area contributed by atoms with Crippen molar-refractivity contribution in [3.8, 4) is 0 Å². The lowest BCUT2D eigenvalue weighted by Gasteiger charge is -2.35. The summed E-state index contributed by atoms with van der Waals surface area (Å²) in [6.07, 6.45) is 3.28. The molecule has 1 aliphatic carbocycles. The van der Waals surface area contributed by atoms with E-state index >= 15 is 0 Å². The van der Waals surface area contributed by atoms with Gasteiger partial charge in [0, 0.05) is 6.54 Å². The molecule has 1 saturated carbocycles. The van der Waals surface area contributed by atoms with E-state index in [-0.39, 0.29) is 5.92 Å². The van der Waals surface area contributed by atoms with Gasteiger partial charge in [-0.25, -0.2) is 4.79 Å². The molecule has 2 fully saturated rings. The van der Waals surface area contributed by atoms with Crippen molar-refractivity contribution < 1.29 is 24.0 Å². The van der Waals surface area contributed by atoms with E-state index in [2.05, 4.69) is 10.6 Å². The van der Waals surface area contributed by atoms with Crippen molar-refractivity contribution in [3.05, 3.63) is 0 Å². The van der Waals surface area contributed by atoms with Crippen molar-refractivity contribution in [2.24, 2.45) is 22.8 Å². The summed E-state index contributed by atoms with van der Waals surface area (Å²) in [5, 5.41) is 5.08. The molecule has 1 aliphatic heterocycles. The van der Waals surface area contributed by atoms with Gasteiger partial charge in [0.05, 0.1) is 6.04 Å². The summed E-state index contributed by atoms with van der Waals surface area (Å²) < 4.78 is 0. The third-order valence-corrected chi connectivity index (χ3v) is 5.38. The molecule has 0 aromatic carbocycles. The van der Waals surface area contributed by atoms with Crippen molar-refractivity contribution in [2.45, 2.75) is 71.0 Å². The summed E-state index contributed by atoms with van der Waals surface area (Å²) in [6.45, 7) is 5.70. The molecule has 1 unspecified atom stereocenters. The van der Waals surface area contributed by atoms with Gasteiger partial charge in [0.25, 0.3) is 5.91 Å². The predicted octanol–water partition coefficient (Wildman–Crippen LogP) is -0.600. The molecule has 6 N–H and O–H groups in total. The Hall–Kier alpha value is -2.65. The van der Waals surface area contributed by atoms with Crippen LogP contribution in [0, 0.1) is 11.3 Å². The third kappa shape index (κ3) is 5.91.